The predicted molar refractivity (Wildman–Crippen MR) is 103 cm³/mol. The van der Waals surface area contributed by atoms with Gasteiger partial charge in [-0.15, -0.1) is 6.58 Å². The van der Waals surface area contributed by atoms with Crippen LogP contribution in [-0.4, -0.2) is 45.2 Å². The molecule has 2 heterocycles. The molecule has 6 heteroatoms. The lowest BCUT2D eigenvalue weighted by Crippen LogP contribution is -2.23. The molecule has 2 aromatic rings. The summed E-state index contributed by atoms with van der Waals surface area (Å²) in [6, 6.07) is 8.13. The number of ether oxygens (including phenoxy) is 5. The van der Waals surface area contributed by atoms with Crippen LogP contribution in [0.5, 0.6) is 11.5 Å². The topological polar surface area (TPSA) is 58.5 Å². The van der Waals surface area contributed by atoms with Crippen molar-refractivity contribution >= 4 is 16.7 Å². The molecule has 142 valence electrons. The van der Waals surface area contributed by atoms with Crippen LogP contribution in [-0.2, 0) is 20.8 Å². The SMILES string of the molecule is C=CCOCc1cc2cc3c(cc2cc1C1=N[C@H](COC)[C@@H](C)O1)OCO3. The van der Waals surface area contributed by atoms with Crippen molar-refractivity contribution < 1.29 is 23.7 Å². The molecular weight excluding hydrogens is 346 g/mol. The molecule has 0 fully saturated rings. The molecule has 4 rings (SSSR count). The summed E-state index contributed by atoms with van der Waals surface area (Å²) in [5.74, 6) is 2.14. The molecule has 0 bridgehead atoms. The van der Waals surface area contributed by atoms with E-state index in [1.165, 1.54) is 0 Å². The molecule has 0 unspecified atom stereocenters. The first-order valence-corrected chi connectivity index (χ1v) is 8.98. The van der Waals surface area contributed by atoms with E-state index < -0.39 is 0 Å². The minimum absolute atomic E-state index is 0.0144. The molecule has 0 N–H and O–H groups in total. The van der Waals surface area contributed by atoms with Gasteiger partial charge in [0.1, 0.15) is 12.1 Å². The molecule has 0 spiro atoms. The van der Waals surface area contributed by atoms with Gasteiger partial charge in [-0.25, -0.2) is 4.99 Å². The van der Waals surface area contributed by atoms with Gasteiger partial charge in [-0.3, -0.25) is 0 Å². The molecule has 0 amide bonds. The lowest BCUT2D eigenvalue weighted by molar-refractivity contribution is 0.129. The summed E-state index contributed by atoms with van der Waals surface area (Å²) >= 11 is 0. The van der Waals surface area contributed by atoms with Crippen molar-refractivity contribution in [3.63, 3.8) is 0 Å². The van der Waals surface area contributed by atoms with E-state index in [-0.39, 0.29) is 18.9 Å². The average molecular weight is 369 g/mol. The Balaban J connectivity index is 1.76. The fourth-order valence-electron chi connectivity index (χ4n) is 3.32. The van der Waals surface area contributed by atoms with Crippen LogP contribution in [0, 0.1) is 0 Å². The minimum atomic E-state index is -0.0330. The molecule has 2 aliphatic heterocycles. The zero-order valence-electron chi connectivity index (χ0n) is 15.6. The van der Waals surface area contributed by atoms with Gasteiger partial charge in [0.2, 0.25) is 12.7 Å². The van der Waals surface area contributed by atoms with Crippen LogP contribution in [0.3, 0.4) is 0 Å². The van der Waals surface area contributed by atoms with Crippen molar-refractivity contribution in [3.05, 3.63) is 48.0 Å². The Morgan fingerprint density at radius 1 is 1.19 bits per heavy atom. The van der Waals surface area contributed by atoms with Gasteiger partial charge in [-0.05, 0) is 47.5 Å². The highest BCUT2D eigenvalue weighted by Gasteiger charge is 2.29. The van der Waals surface area contributed by atoms with Crippen LogP contribution in [0.1, 0.15) is 18.1 Å². The second-order valence-electron chi connectivity index (χ2n) is 6.65. The summed E-state index contributed by atoms with van der Waals surface area (Å²) in [7, 11) is 1.67. The molecule has 0 aliphatic carbocycles. The lowest BCUT2D eigenvalue weighted by atomic mass is 10.0. The monoisotopic (exact) mass is 369 g/mol. The third-order valence-electron chi connectivity index (χ3n) is 4.74. The molecule has 0 saturated heterocycles. The second-order valence-corrected chi connectivity index (χ2v) is 6.65. The van der Waals surface area contributed by atoms with E-state index in [0.29, 0.717) is 25.7 Å². The van der Waals surface area contributed by atoms with Crippen LogP contribution in [0.25, 0.3) is 10.8 Å². The number of hydrogen-bond donors (Lipinski definition) is 0. The molecule has 2 aliphatic rings. The summed E-state index contributed by atoms with van der Waals surface area (Å²) in [4.78, 5) is 4.74. The Morgan fingerprint density at radius 3 is 2.63 bits per heavy atom. The largest absolute Gasteiger partial charge is 0.472 e. The zero-order valence-corrected chi connectivity index (χ0v) is 15.6. The van der Waals surface area contributed by atoms with E-state index in [1.54, 1.807) is 13.2 Å². The third-order valence-corrected chi connectivity index (χ3v) is 4.74. The number of hydrogen-bond acceptors (Lipinski definition) is 6. The van der Waals surface area contributed by atoms with E-state index in [0.717, 1.165) is 33.4 Å². The molecular formula is C21H23NO5. The van der Waals surface area contributed by atoms with Crippen LogP contribution < -0.4 is 9.47 Å². The Kier molecular flexibility index (Phi) is 5.01. The van der Waals surface area contributed by atoms with Gasteiger partial charge in [0, 0.05) is 12.7 Å². The van der Waals surface area contributed by atoms with Crippen LogP contribution in [0.15, 0.2) is 41.9 Å². The summed E-state index contributed by atoms with van der Waals surface area (Å²) in [5.41, 5.74) is 1.93. The van der Waals surface area contributed by atoms with Crippen LogP contribution in [0.4, 0.5) is 0 Å². The van der Waals surface area contributed by atoms with Gasteiger partial charge in [0.15, 0.2) is 11.5 Å². The Labute approximate surface area is 158 Å². The maximum atomic E-state index is 6.04. The third kappa shape index (κ3) is 3.50. The van der Waals surface area contributed by atoms with E-state index in [2.05, 4.69) is 18.7 Å². The van der Waals surface area contributed by atoms with Crippen LogP contribution >= 0.6 is 0 Å². The van der Waals surface area contributed by atoms with Gasteiger partial charge < -0.3 is 23.7 Å². The first-order chi connectivity index (χ1) is 13.2. The van der Waals surface area contributed by atoms with Gasteiger partial charge in [0.05, 0.1) is 19.8 Å². The van der Waals surface area contributed by atoms with E-state index >= 15 is 0 Å². The number of aliphatic imine (C=N–C) groups is 1. The van der Waals surface area contributed by atoms with Gasteiger partial charge >= 0.3 is 0 Å². The quantitative estimate of drug-likeness (QED) is 0.553. The fraction of sp³-hybridized carbons (Fsp3) is 0.381. The van der Waals surface area contributed by atoms with Crippen molar-refractivity contribution in [2.45, 2.75) is 25.7 Å². The molecule has 27 heavy (non-hydrogen) atoms. The highest BCUT2D eigenvalue weighted by Crippen LogP contribution is 2.37. The molecule has 0 radical (unpaired) electrons. The zero-order chi connectivity index (χ0) is 18.8. The maximum Gasteiger partial charge on any atom is 0.231 e. The van der Waals surface area contributed by atoms with E-state index in [1.807, 2.05) is 19.1 Å². The first kappa shape index (κ1) is 17.8. The van der Waals surface area contributed by atoms with Crippen LogP contribution in [0.2, 0.25) is 0 Å². The number of fused-ring (bicyclic) bond motifs is 2. The van der Waals surface area contributed by atoms with Gasteiger partial charge in [0.25, 0.3) is 0 Å². The van der Waals surface area contributed by atoms with Gasteiger partial charge in [-0.2, -0.15) is 0 Å². The second kappa shape index (κ2) is 7.58. The number of methoxy groups -OCH3 is 1. The average Bonchev–Trinajstić information content (AvgIpc) is 3.26. The highest BCUT2D eigenvalue weighted by molar-refractivity contribution is 6.01. The smallest absolute Gasteiger partial charge is 0.231 e. The fourth-order valence-corrected chi connectivity index (χ4v) is 3.32. The molecule has 6 nitrogen and oxygen atoms in total. The molecule has 2 atom stereocenters. The summed E-state index contributed by atoms with van der Waals surface area (Å²) in [6.07, 6.45) is 1.70. The minimum Gasteiger partial charge on any atom is -0.472 e. The van der Waals surface area contributed by atoms with E-state index in [9.17, 15) is 0 Å². The summed E-state index contributed by atoms with van der Waals surface area (Å²) in [5, 5.41) is 2.09. The Morgan fingerprint density at radius 2 is 1.93 bits per heavy atom. The summed E-state index contributed by atoms with van der Waals surface area (Å²) in [6.45, 7) is 7.41. The molecule has 0 saturated carbocycles. The number of nitrogens with zero attached hydrogens (tertiary/aromatic N) is 1. The molecule has 2 aromatic carbocycles. The Hall–Kier alpha value is -2.57. The lowest BCUT2D eigenvalue weighted by Gasteiger charge is -2.14. The van der Waals surface area contributed by atoms with Crippen molar-refractivity contribution in [2.24, 2.45) is 4.99 Å². The normalized spacial score (nSPS) is 20.6. The first-order valence-electron chi connectivity index (χ1n) is 8.98. The number of rotatable bonds is 7. The van der Waals surface area contributed by atoms with Crippen molar-refractivity contribution in [2.75, 3.05) is 27.1 Å². The standard InChI is InChI=1S/C21H23NO5/c1-4-5-24-10-16-6-14-8-19-20(26-12-25-19)9-15(14)7-17(16)21-22-18(11-23-3)13(2)27-21/h4,6-9,13,18H,1,5,10-12H2,2-3H3/t13-,18-/m1/s1. The van der Waals surface area contributed by atoms with Crippen molar-refractivity contribution in [3.8, 4) is 11.5 Å². The molecule has 0 aromatic heterocycles. The number of benzene rings is 2. The van der Waals surface area contributed by atoms with E-state index in [4.69, 9.17) is 28.7 Å². The van der Waals surface area contributed by atoms with Crippen molar-refractivity contribution in [1.29, 1.82) is 0 Å². The van der Waals surface area contributed by atoms with Crippen molar-refractivity contribution in [1.82, 2.24) is 0 Å². The Bertz CT molecular complexity index is 892. The highest BCUT2D eigenvalue weighted by atomic mass is 16.7. The maximum absolute atomic E-state index is 6.04. The summed E-state index contributed by atoms with van der Waals surface area (Å²) < 4.78 is 28.0. The van der Waals surface area contributed by atoms with Gasteiger partial charge in [-0.1, -0.05) is 6.08 Å². The predicted octanol–water partition coefficient (Wildman–Crippen LogP) is 3.45.